The summed E-state index contributed by atoms with van der Waals surface area (Å²) >= 11 is 0. The van der Waals surface area contributed by atoms with Gasteiger partial charge in [-0.1, -0.05) is 84.9 Å². The summed E-state index contributed by atoms with van der Waals surface area (Å²) in [4.78, 5) is 40.0. The molecule has 0 spiro atoms. The molecule has 0 aliphatic heterocycles. The fraction of sp³-hybridized carbons (Fsp3) is 0.0870. The van der Waals surface area contributed by atoms with Crippen molar-refractivity contribution in [2.75, 3.05) is 0 Å². The van der Waals surface area contributed by atoms with Crippen LogP contribution >= 0.6 is 0 Å². The molecule has 0 saturated heterocycles. The first-order chi connectivity index (χ1) is 12.6. The van der Waals surface area contributed by atoms with E-state index >= 15 is 0 Å². The van der Waals surface area contributed by atoms with Crippen molar-refractivity contribution < 1.29 is 14.4 Å². The Bertz CT molecular complexity index is 969. The van der Waals surface area contributed by atoms with Crippen LogP contribution in [0, 0.1) is 5.41 Å². The van der Waals surface area contributed by atoms with Crippen molar-refractivity contribution in [1.29, 1.82) is 0 Å². The molecule has 0 radical (unpaired) electrons. The Kier molecular flexibility index (Phi) is 3.85. The predicted octanol–water partition coefficient (Wildman–Crippen LogP) is 4.18. The third kappa shape index (κ3) is 2.32. The number of hydrogen-bond donors (Lipinski definition) is 0. The molecule has 1 aliphatic rings. The van der Waals surface area contributed by atoms with Gasteiger partial charge < -0.3 is 0 Å². The van der Waals surface area contributed by atoms with Gasteiger partial charge in [0, 0.05) is 23.1 Å². The van der Waals surface area contributed by atoms with Crippen LogP contribution in [0.4, 0.5) is 0 Å². The quantitative estimate of drug-likeness (QED) is 0.529. The fourth-order valence-corrected chi connectivity index (χ4v) is 3.63. The van der Waals surface area contributed by atoms with Gasteiger partial charge in [0.2, 0.25) is 0 Å². The monoisotopic (exact) mass is 340 g/mol. The molecule has 126 valence electrons. The lowest BCUT2D eigenvalue weighted by Gasteiger charge is -2.24. The van der Waals surface area contributed by atoms with Gasteiger partial charge in [-0.3, -0.25) is 14.4 Å². The molecule has 26 heavy (non-hydrogen) atoms. The molecule has 0 unspecified atom stereocenters. The molecular formula is C23H16O3. The number of fused-ring (bicyclic) bond motifs is 1. The second-order valence-corrected chi connectivity index (χ2v) is 6.47. The van der Waals surface area contributed by atoms with Crippen LogP contribution in [-0.4, -0.2) is 17.3 Å². The number of ketones is 3. The molecule has 0 saturated carbocycles. The Morgan fingerprint density at radius 1 is 0.654 bits per heavy atom. The Morgan fingerprint density at radius 2 is 1.12 bits per heavy atom. The normalized spacial score (nSPS) is 14.9. The van der Waals surface area contributed by atoms with Crippen LogP contribution in [0.1, 0.15) is 36.6 Å². The topological polar surface area (TPSA) is 51.2 Å². The molecule has 0 amide bonds. The highest BCUT2D eigenvalue weighted by Gasteiger charge is 2.57. The van der Waals surface area contributed by atoms with Crippen molar-refractivity contribution in [3.05, 3.63) is 107 Å². The standard InChI is InChI=1S/C23H16O3/c24-20(17-11-5-2-6-12-17)23(15-16-9-3-1-4-10-16)21(25)18-13-7-8-14-19(18)22(23)26/h1-14H,15H2. The van der Waals surface area contributed by atoms with Gasteiger partial charge in [-0.05, 0) is 5.56 Å². The van der Waals surface area contributed by atoms with Gasteiger partial charge in [0.1, 0.15) is 0 Å². The smallest absolute Gasteiger partial charge is 0.185 e. The summed E-state index contributed by atoms with van der Waals surface area (Å²) in [6.07, 6.45) is 0.0634. The summed E-state index contributed by atoms with van der Waals surface area (Å²) in [5.74, 6) is -1.25. The number of hydrogen-bond acceptors (Lipinski definition) is 3. The SMILES string of the molecule is O=C(c1ccccc1)C1(Cc2ccccc2)C(=O)c2ccccc2C1=O. The summed E-state index contributed by atoms with van der Waals surface area (Å²) in [5, 5.41) is 0. The molecule has 0 N–H and O–H groups in total. The minimum absolute atomic E-state index is 0.0634. The average Bonchev–Trinajstić information content (AvgIpc) is 2.92. The molecule has 1 aliphatic carbocycles. The van der Waals surface area contributed by atoms with E-state index in [1.54, 1.807) is 54.6 Å². The molecule has 3 aromatic rings. The van der Waals surface area contributed by atoms with E-state index in [0.29, 0.717) is 16.7 Å². The number of rotatable bonds is 4. The van der Waals surface area contributed by atoms with Crippen molar-refractivity contribution in [2.24, 2.45) is 5.41 Å². The summed E-state index contributed by atoms with van der Waals surface area (Å²) in [5.41, 5.74) is 0.0894. The first-order valence-corrected chi connectivity index (χ1v) is 8.47. The summed E-state index contributed by atoms with van der Waals surface area (Å²) in [7, 11) is 0. The lowest BCUT2D eigenvalue weighted by Crippen LogP contribution is -2.43. The third-order valence-corrected chi connectivity index (χ3v) is 4.93. The molecule has 0 heterocycles. The van der Waals surface area contributed by atoms with Crippen LogP contribution in [0.3, 0.4) is 0 Å². The molecule has 0 fully saturated rings. The van der Waals surface area contributed by atoms with E-state index in [2.05, 4.69) is 0 Å². The lowest BCUT2D eigenvalue weighted by molar-refractivity contribution is 0.0614. The molecule has 3 heteroatoms. The van der Waals surface area contributed by atoms with E-state index in [9.17, 15) is 14.4 Å². The van der Waals surface area contributed by atoms with Gasteiger partial charge in [-0.2, -0.15) is 0 Å². The van der Waals surface area contributed by atoms with Crippen LogP contribution in [0.15, 0.2) is 84.9 Å². The van der Waals surface area contributed by atoms with E-state index in [1.807, 2.05) is 30.3 Å². The molecule has 0 bridgehead atoms. The highest BCUT2D eigenvalue weighted by atomic mass is 16.2. The summed E-state index contributed by atoms with van der Waals surface area (Å²) in [6.45, 7) is 0. The van der Waals surface area contributed by atoms with Gasteiger partial charge in [0.15, 0.2) is 22.8 Å². The largest absolute Gasteiger partial charge is 0.293 e. The van der Waals surface area contributed by atoms with Crippen LogP contribution in [0.2, 0.25) is 0 Å². The number of carbonyl (C=O) groups excluding carboxylic acids is 3. The van der Waals surface area contributed by atoms with Crippen molar-refractivity contribution >= 4 is 17.3 Å². The van der Waals surface area contributed by atoms with E-state index < -0.39 is 22.8 Å². The zero-order chi connectivity index (χ0) is 18.1. The second kappa shape index (κ2) is 6.19. The van der Waals surface area contributed by atoms with Crippen LogP contribution in [0.25, 0.3) is 0 Å². The van der Waals surface area contributed by atoms with E-state index in [4.69, 9.17) is 0 Å². The van der Waals surface area contributed by atoms with Crippen LogP contribution in [0.5, 0.6) is 0 Å². The van der Waals surface area contributed by atoms with Gasteiger partial charge in [0.25, 0.3) is 0 Å². The average molecular weight is 340 g/mol. The fourth-order valence-electron chi connectivity index (χ4n) is 3.63. The van der Waals surface area contributed by atoms with Crippen LogP contribution < -0.4 is 0 Å². The summed E-state index contributed by atoms with van der Waals surface area (Å²) < 4.78 is 0. The van der Waals surface area contributed by atoms with Gasteiger partial charge in [-0.25, -0.2) is 0 Å². The number of Topliss-reactive ketones (excluding diaryl/α,β-unsaturated/α-hetero) is 3. The minimum atomic E-state index is -1.73. The molecule has 3 aromatic carbocycles. The predicted molar refractivity (Wildman–Crippen MR) is 98.5 cm³/mol. The number of carbonyl (C=O) groups is 3. The van der Waals surface area contributed by atoms with E-state index in [0.717, 1.165) is 5.56 Å². The maximum atomic E-state index is 13.4. The van der Waals surface area contributed by atoms with Crippen molar-refractivity contribution in [2.45, 2.75) is 6.42 Å². The molecule has 4 rings (SSSR count). The minimum Gasteiger partial charge on any atom is -0.293 e. The Hall–Kier alpha value is -3.33. The number of benzene rings is 3. The first kappa shape index (κ1) is 16.2. The third-order valence-electron chi connectivity index (χ3n) is 4.93. The van der Waals surface area contributed by atoms with Gasteiger partial charge >= 0.3 is 0 Å². The Balaban J connectivity index is 1.90. The first-order valence-electron chi connectivity index (χ1n) is 8.47. The molecular weight excluding hydrogens is 324 g/mol. The Labute approximate surface area is 151 Å². The van der Waals surface area contributed by atoms with E-state index in [-0.39, 0.29) is 6.42 Å². The molecule has 0 aromatic heterocycles. The zero-order valence-electron chi connectivity index (χ0n) is 14.0. The molecule has 3 nitrogen and oxygen atoms in total. The maximum absolute atomic E-state index is 13.4. The highest BCUT2D eigenvalue weighted by molar-refractivity contribution is 6.41. The maximum Gasteiger partial charge on any atom is 0.185 e. The van der Waals surface area contributed by atoms with E-state index in [1.165, 1.54) is 0 Å². The van der Waals surface area contributed by atoms with Crippen molar-refractivity contribution in [1.82, 2.24) is 0 Å². The molecule has 0 atom stereocenters. The van der Waals surface area contributed by atoms with Gasteiger partial charge in [-0.15, -0.1) is 0 Å². The van der Waals surface area contributed by atoms with Crippen molar-refractivity contribution in [3.63, 3.8) is 0 Å². The van der Waals surface area contributed by atoms with Gasteiger partial charge in [0.05, 0.1) is 0 Å². The Morgan fingerprint density at radius 3 is 1.65 bits per heavy atom. The second-order valence-electron chi connectivity index (χ2n) is 6.47. The van der Waals surface area contributed by atoms with Crippen molar-refractivity contribution in [3.8, 4) is 0 Å². The van der Waals surface area contributed by atoms with Crippen LogP contribution in [-0.2, 0) is 6.42 Å². The summed E-state index contributed by atoms with van der Waals surface area (Å²) in [6, 6.07) is 24.5. The zero-order valence-corrected chi connectivity index (χ0v) is 14.0. The lowest BCUT2D eigenvalue weighted by atomic mass is 9.71. The highest BCUT2D eigenvalue weighted by Crippen LogP contribution is 2.42.